The van der Waals surface area contributed by atoms with Gasteiger partial charge in [-0.2, -0.15) is 0 Å². The molecule has 6 nitrogen and oxygen atoms in total. The number of ether oxygens (including phenoxy) is 1. The van der Waals surface area contributed by atoms with Crippen LogP contribution in [0.1, 0.15) is 30.9 Å². The minimum absolute atomic E-state index is 0.0653. The maximum Gasteiger partial charge on any atom is 0.178 e. The minimum Gasteiger partial charge on any atom is -0.513 e. The maximum absolute atomic E-state index is 12.2. The third kappa shape index (κ3) is 4.09. The van der Waals surface area contributed by atoms with E-state index in [1.807, 2.05) is 24.3 Å². The van der Waals surface area contributed by atoms with Crippen LogP contribution in [0.25, 0.3) is 5.70 Å². The smallest absolute Gasteiger partial charge is 0.178 e. The second-order valence-electron chi connectivity index (χ2n) is 7.36. The first kappa shape index (κ1) is 18.9. The fourth-order valence-corrected chi connectivity index (χ4v) is 3.45. The largest absolute Gasteiger partial charge is 0.513 e. The van der Waals surface area contributed by atoms with Crippen LogP contribution in [0, 0.1) is 0 Å². The van der Waals surface area contributed by atoms with Crippen molar-refractivity contribution in [2.24, 2.45) is 0 Å². The highest BCUT2D eigenvalue weighted by Crippen LogP contribution is 2.36. The van der Waals surface area contributed by atoms with Gasteiger partial charge in [-0.05, 0) is 25.3 Å². The van der Waals surface area contributed by atoms with Crippen molar-refractivity contribution in [3.05, 3.63) is 41.7 Å². The first-order valence-electron chi connectivity index (χ1n) is 9.14. The van der Waals surface area contributed by atoms with Gasteiger partial charge in [0.1, 0.15) is 11.9 Å². The molecule has 1 aliphatic carbocycles. The van der Waals surface area contributed by atoms with Crippen LogP contribution in [0.15, 0.2) is 30.5 Å². The molecule has 26 heavy (non-hydrogen) atoms. The average Bonchev–Trinajstić information content (AvgIpc) is 3.38. The quantitative estimate of drug-likeness (QED) is 0.723. The molecule has 0 amide bonds. The van der Waals surface area contributed by atoms with Gasteiger partial charge in [0.25, 0.3) is 0 Å². The van der Waals surface area contributed by atoms with Gasteiger partial charge in [-0.25, -0.2) is 0 Å². The molecule has 0 aromatic heterocycles. The first-order chi connectivity index (χ1) is 12.5. The van der Waals surface area contributed by atoms with Crippen molar-refractivity contribution in [3.63, 3.8) is 0 Å². The van der Waals surface area contributed by atoms with E-state index in [1.165, 1.54) is 0 Å². The highest BCUT2D eigenvalue weighted by molar-refractivity contribution is 5.91. The lowest BCUT2D eigenvalue weighted by Gasteiger charge is -2.41. The molecule has 2 aliphatic rings. The van der Waals surface area contributed by atoms with Crippen molar-refractivity contribution < 1.29 is 19.7 Å². The van der Waals surface area contributed by atoms with E-state index in [0.29, 0.717) is 26.0 Å². The second-order valence-corrected chi connectivity index (χ2v) is 7.36. The van der Waals surface area contributed by atoms with Gasteiger partial charge in [-0.15, -0.1) is 0 Å². The van der Waals surface area contributed by atoms with Gasteiger partial charge in [0, 0.05) is 38.3 Å². The molecule has 1 heterocycles. The summed E-state index contributed by atoms with van der Waals surface area (Å²) in [6, 6.07) is 8.13. The van der Waals surface area contributed by atoms with Crippen LogP contribution < -0.4 is 0 Å². The summed E-state index contributed by atoms with van der Waals surface area (Å²) in [6.45, 7) is 5.11. The van der Waals surface area contributed by atoms with Gasteiger partial charge in [-0.3, -0.25) is 9.69 Å². The number of hydrogen-bond acceptors (Lipinski definition) is 6. The molecular weight excluding hydrogens is 332 g/mol. The number of rotatable bonds is 7. The summed E-state index contributed by atoms with van der Waals surface area (Å²) in [7, 11) is 1.67. The van der Waals surface area contributed by atoms with Crippen LogP contribution in [0.4, 0.5) is 0 Å². The summed E-state index contributed by atoms with van der Waals surface area (Å²) >= 11 is 0. The molecule has 1 saturated heterocycles. The number of carbonyl (C=O) groups excluding carboxylic acids is 1. The Labute approximate surface area is 154 Å². The van der Waals surface area contributed by atoms with Crippen molar-refractivity contribution in [2.45, 2.75) is 38.0 Å². The third-order valence-corrected chi connectivity index (χ3v) is 5.38. The number of carbonyl (C=O) groups is 1. The van der Waals surface area contributed by atoms with Crippen LogP contribution in [0.5, 0.6) is 0 Å². The predicted octanol–water partition coefficient (Wildman–Crippen LogP) is 1.79. The Morgan fingerprint density at radius 1 is 1.31 bits per heavy atom. The van der Waals surface area contributed by atoms with Gasteiger partial charge in [-0.1, -0.05) is 24.3 Å². The lowest BCUT2D eigenvalue weighted by Crippen LogP contribution is -2.53. The summed E-state index contributed by atoms with van der Waals surface area (Å²) in [6.07, 6.45) is 2.35. The Kier molecular flexibility index (Phi) is 5.65. The molecular formula is C20H28N2O4. The van der Waals surface area contributed by atoms with Crippen LogP contribution in [-0.4, -0.2) is 70.7 Å². The zero-order chi connectivity index (χ0) is 18.7. The zero-order valence-electron chi connectivity index (χ0n) is 15.5. The fraction of sp³-hybridized carbons (Fsp3) is 0.550. The summed E-state index contributed by atoms with van der Waals surface area (Å²) < 4.78 is 5.13. The lowest BCUT2D eigenvalue weighted by molar-refractivity contribution is -0.131. The molecule has 1 atom stereocenters. The summed E-state index contributed by atoms with van der Waals surface area (Å²) in [5.41, 5.74) is 1.77. The molecule has 0 radical (unpaired) electrons. The number of hydrogen-bond donors (Lipinski definition) is 2. The van der Waals surface area contributed by atoms with Gasteiger partial charge in [0.05, 0.1) is 18.8 Å². The molecule has 2 N–H and O–H groups in total. The molecule has 0 spiro atoms. The summed E-state index contributed by atoms with van der Waals surface area (Å²) in [5.74, 6) is -0.0653. The van der Waals surface area contributed by atoms with Gasteiger partial charge in [0.2, 0.25) is 0 Å². The molecule has 3 rings (SSSR count). The van der Waals surface area contributed by atoms with E-state index in [0.717, 1.165) is 42.7 Å². The van der Waals surface area contributed by atoms with Gasteiger partial charge < -0.3 is 19.8 Å². The number of ketones is 1. The molecule has 2 fully saturated rings. The summed E-state index contributed by atoms with van der Waals surface area (Å²) in [5, 5.41) is 19.8. The fourth-order valence-electron chi connectivity index (χ4n) is 3.45. The van der Waals surface area contributed by atoms with Gasteiger partial charge in [0.15, 0.2) is 5.78 Å². The molecule has 0 bridgehead atoms. The molecule has 1 aromatic carbocycles. The van der Waals surface area contributed by atoms with Crippen molar-refractivity contribution in [1.82, 2.24) is 9.80 Å². The van der Waals surface area contributed by atoms with Crippen molar-refractivity contribution in [2.75, 3.05) is 33.3 Å². The number of methoxy groups -OCH3 is 1. The maximum atomic E-state index is 12.2. The lowest BCUT2D eigenvalue weighted by atomic mass is 10.1. The Bertz CT molecular complexity index is 667. The molecule has 6 heteroatoms. The monoisotopic (exact) mass is 360 g/mol. The van der Waals surface area contributed by atoms with E-state index in [9.17, 15) is 15.0 Å². The van der Waals surface area contributed by atoms with Crippen molar-refractivity contribution >= 4 is 11.5 Å². The second kappa shape index (κ2) is 7.78. The summed E-state index contributed by atoms with van der Waals surface area (Å²) in [4.78, 5) is 16.4. The van der Waals surface area contributed by atoms with Crippen LogP contribution in [0.2, 0.25) is 0 Å². The Hall–Kier alpha value is -1.89. The molecule has 1 saturated carbocycles. The van der Waals surface area contributed by atoms with E-state index in [1.54, 1.807) is 7.11 Å². The van der Waals surface area contributed by atoms with Crippen molar-refractivity contribution in [3.8, 4) is 0 Å². The molecule has 142 valence electrons. The van der Waals surface area contributed by atoms with Crippen LogP contribution in [0.3, 0.4) is 0 Å². The number of Topliss-reactive ketones (excluding diaryl/α,β-unsaturated/α-hetero) is 1. The standard InChI is InChI=1S/C20H28N2O4/c1-15-11-22(10-9-21(15)12-19(24)20(25)7-8-20)18(13-23)17-5-3-16(4-6-17)14-26-2/h3-6,13,15,23,25H,7-12,14H2,1-2H3/b18-13-/t15-/m0/s1. The molecule has 0 unspecified atom stereocenters. The molecule has 1 aliphatic heterocycles. The van der Waals surface area contributed by atoms with E-state index >= 15 is 0 Å². The Morgan fingerprint density at radius 3 is 2.54 bits per heavy atom. The number of aliphatic hydroxyl groups excluding tert-OH is 1. The number of piperazine rings is 1. The van der Waals surface area contributed by atoms with E-state index in [4.69, 9.17) is 4.74 Å². The zero-order valence-corrected chi connectivity index (χ0v) is 15.5. The van der Waals surface area contributed by atoms with E-state index in [-0.39, 0.29) is 11.8 Å². The normalized spacial score (nSPS) is 23.1. The predicted molar refractivity (Wildman–Crippen MR) is 99.6 cm³/mol. The number of benzene rings is 1. The third-order valence-electron chi connectivity index (χ3n) is 5.38. The first-order valence-corrected chi connectivity index (χ1v) is 9.14. The van der Waals surface area contributed by atoms with E-state index < -0.39 is 5.60 Å². The Balaban J connectivity index is 1.62. The van der Waals surface area contributed by atoms with Gasteiger partial charge >= 0.3 is 0 Å². The average molecular weight is 360 g/mol. The molecule has 1 aromatic rings. The number of nitrogens with zero attached hydrogens (tertiary/aromatic N) is 2. The van der Waals surface area contributed by atoms with Crippen LogP contribution in [-0.2, 0) is 16.1 Å². The van der Waals surface area contributed by atoms with Crippen LogP contribution >= 0.6 is 0 Å². The number of aliphatic hydroxyl groups is 2. The van der Waals surface area contributed by atoms with Crippen molar-refractivity contribution in [1.29, 1.82) is 0 Å². The highest BCUT2D eigenvalue weighted by Gasteiger charge is 2.48. The Morgan fingerprint density at radius 2 is 2.00 bits per heavy atom. The highest BCUT2D eigenvalue weighted by atomic mass is 16.5. The topological polar surface area (TPSA) is 73.2 Å². The minimum atomic E-state index is -1.06. The van der Waals surface area contributed by atoms with E-state index in [2.05, 4.69) is 16.7 Å². The SMILES string of the molecule is COCc1ccc(/C(=C/O)N2CCN(CC(=O)C3(O)CC3)[C@@H](C)C2)cc1.